The van der Waals surface area contributed by atoms with Crippen LogP contribution in [0.15, 0.2) is 11.7 Å². The van der Waals surface area contributed by atoms with E-state index in [0.29, 0.717) is 0 Å². The van der Waals surface area contributed by atoms with Gasteiger partial charge in [0.15, 0.2) is 6.61 Å². The smallest absolute Gasteiger partial charge is 0.426 e. The number of alkyl halides is 12. The Balaban J connectivity index is 6.30. The largest absolute Gasteiger partial charge is 0.480 e. The zero-order valence-electron chi connectivity index (χ0n) is 11.8. The monoisotopic (exact) mass is 438 g/mol. The Morgan fingerprint density at radius 2 is 1.22 bits per heavy atom. The first kappa shape index (κ1) is 25.2. The number of halogens is 14. The van der Waals surface area contributed by atoms with E-state index in [9.17, 15) is 66.3 Å². The van der Waals surface area contributed by atoms with Crippen LogP contribution >= 0.6 is 0 Å². The van der Waals surface area contributed by atoms with Gasteiger partial charge in [-0.3, -0.25) is 0 Å². The fourth-order valence-corrected chi connectivity index (χ4v) is 1.20. The predicted molar refractivity (Wildman–Crippen MR) is 53.6 cm³/mol. The first-order valence-electron chi connectivity index (χ1n) is 5.77. The lowest BCUT2D eigenvalue weighted by Gasteiger charge is -2.38. The lowest BCUT2D eigenvalue weighted by molar-refractivity contribution is -0.442. The molecule has 0 rings (SSSR count). The molecule has 0 spiro atoms. The highest BCUT2D eigenvalue weighted by atomic mass is 19.4. The van der Waals surface area contributed by atoms with E-state index < -0.39 is 60.5 Å². The van der Waals surface area contributed by atoms with Gasteiger partial charge in [0, 0.05) is 0 Å². The van der Waals surface area contributed by atoms with Crippen molar-refractivity contribution in [2.75, 3.05) is 6.61 Å². The molecule has 0 aromatic rings. The molecule has 0 fully saturated rings. The summed E-state index contributed by atoms with van der Waals surface area (Å²) in [4.78, 5) is 9.88. The molecule has 1 N–H and O–H groups in total. The summed E-state index contributed by atoms with van der Waals surface area (Å²) in [5, 5.41) is 7.89. The molecule has 0 aliphatic heterocycles. The Morgan fingerprint density at radius 1 is 0.815 bits per heavy atom. The normalized spacial score (nSPS) is 15.8. The SMILES string of the molecule is O=C(O)COC(F)(F)C(F)(F)C(F)(F)C(F)(F)C(F)(F)C(F)=C(F)C(F)F. The molecule has 0 saturated carbocycles. The summed E-state index contributed by atoms with van der Waals surface area (Å²) in [5.41, 5.74) is 0. The lowest BCUT2D eigenvalue weighted by Crippen LogP contribution is -2.68. The summed E-state index contributed by atoms with van der Waals surface area (Å²) >= 11 is 0. The van der Waals surface area contributed by atoms with E-state index in [2.05, 4.69) is 4.74 Å². The molecule has 17 heteroatoms. The number of hydrogen-bond donors (Lipinski definition) is 1. The van der Waals surface area contributed by atoms with Crippen LogP contribution in [0, 0.1) is 0 Å². The first-order chi connectivity index (χ1) is 11.7. The van der Waals surface area contributed by atoms with Crippen LogP contribution in [0.5, 0.6) is 0 Å². The Bertz CT molecular complexity index is 596. The number of carboxylic acid groups (broad SMARTS) is 1. The molecule has 3 nitrogen and oxygen atoms in total. The van der Waals surface area contributed by atoms with Gasteiger partial charge in [-0.25, -0.2) is 22.4 Å². The molecule has 0 saturated heterocycles. The minimum absolute atomic E-state index is 2.46. The average molecular weight is 438 g/mol. The van der Waals surface area contributed by atoms with Gasteiger partial charge < -0.3 is 9.84 Å². The number of rotatable bonds is 9. The zero-order chi connectivity index (χ0) is 22.2. The third-order valence-electron chi connectivity index (χ3n) is 2.60. The van der Waals surface area contributed by atoms with Crippen molar-refractivity contribution in [2.24, 2.45) is 0 Å². The van der Waals surface area contributed by atoms with Gasteiger partial charge in [0.1, 0.15) is 0 Å². The summed E-state index contributed by atoms with van der Waals surface area (Å²) in [6, 6.07) is 0. The predicted octanol–water partition coefficient (Wildman–Crippen LogP) is 4.64. The van der Waals surface area contributed by atoms with E-state index in [4.69, 9.17) is 5.11 Å². The molecule has 0 atom stereocenters. The van der Waals surface area contributed by atoms with Crippen LogP contribution in [0.25, 0.3) is 0 Å². The first-order valence-corrected chi connectivity index (χ1v) is 5.77. The topological polar surface area (TPSA) is 46.5 Å². The molecule has 0 aromatic heterocycles. The third-order valence-corrected chi connectivity index (χ3v) is 2.60. The van der Waals surface area contributed by atoms with Crippen LogP contribution in [0.4, 0.5) is 61.5 Å². The molecule has 0 aliphatic carbocycles. The summed E-state index contributed by atoms with van der Waals surface area (Å²) < 4.78 is 181. The summed E-state index contributed by atoms with van der Waals surface area (Å²) in [6.45, 7) is -2.51. The quantitative estimate of drug-likeness (QED) is 0.534. The molecule has 0 heterocycles. The third kappa shape index (κ3) is 4.06. The van der Waals surface area contributed by atoms with E-state index in [1.165, 1.54) is 0 Å². The van der Waals surface area contributed by atoms with E-state index >= 15 is 0 Å². The molecule has 0 unspecified atom stereocenters. The number of aliphatic carboxylic acids is 1. The number of carboxylic acids is 1. The van der Waals surface area contributed by atoms with Crippen LogP contribution in [0.3, 0.4) is 0 Å². The molecular formula is C10H4F14O3. The molecule has 27 heavy (non-hydrogen) atoms. The maximum absolute atomic E-state index is 13.1. The fourth-order valence-electron chi connectivity index (χ4n) is 1.20. The number of hydrogen-bond acceptors (Lipinski definition) is 2. The molecular weight excluding hydrogens is 434 g/mol. The van der Waals surface area contributed by atoms with Gasteiger partial charge in [-0.15, -0.1) is 0 Å². The van der Waals surface area contributed by atoms with Crippen LogP contribution in [-0.4, -0.2) is 53.9 Å². The molecule has 0 amide bonds. The van der Waals surface area contributed by atoms with E-state index in [1.54, 1.807) is 0 Å². The van der Waals surface area contributed by atoms with Gasteiger partial charge in [0.2, 0.25) is 11.7 Å². The molecule has 0 bridgehead atoms. The van der Waals surface area contributed by atoms with Gasteiger partial charge in [-0.1, -0.05) is 0 Å². The molecule has 0 aromatic carbocycles. The van der Waals surface area contributed by atoms with Crippen molar-refractivity contribution in [3.63, 3.8) is 0 Å². The van der Waals surface area contributed by atoms with E-state index in [0.717, 1.165) is 0 Å². The Kier molecular flexibility index (Phi) is 6.82. The highest BCUT2D eigenvalue weighted by Crippen LogP contribution is 2.59. The standard InChI is InChI=1S/C10H4F14O3/c11-3(5(13)14)4(12)6(15,16)7(17,18)8(19,20)9(21,22)10(23,24)27-1-2(25)26/h5H,1H2,(H,25,26). The van der Waals surface area contributed by atoms with Gasteiger partial charge in [-0.2, -0.15) is 43.9 Å². The van der Waals surface area contributed by atoms with Crippen molar-refractivity contribution in [3.05, 3.63) is 11.7 Å². The van der Waals surface area contributed by atoms with Crippen LogP contribution in [0.1, 0.15) is 0 Å². The van der Waals surface area contributed by atoms with Crippen LogP contribution in [0.2, 0.25) is 0 Å². The minimum atomic E-state index is -7.97. The Morgan fingerprint density at radius 3 is 1.56 bits per heavy atom. The van der Waals surface area contributed by atoms with Gasteiger partial charge in [0.25, 0.3) is 6.43 Å². The second-order valence-corrected chi connectivity index (χ2v) is 4.46. The number of carbonyl (C=O) groups is 1. The average Bonchev–Trinajstić information content (AvgIpc) is 2.50. The maximum atomic E-state index is 13.1. The lowest BCUT2D eigenvalue weighted by atomic mass is 9.96. The van der Waals surface area contributed by atoms with E-state index in [-0.39, 0.29) is 0 Å². The van der Waals surface area contributed by atoms with Gasteiger partial charge in [-0.05, 0) is 0 Å². The van der Waals surface area contributed by atoms with Crippen LogP contribution < -0.4 is 0 Å². The van der Waals surface area contributed by atoms with Crippen molar-refractivity contribution in [1.29, 1.82) is 0 Å². The molecule has 160 valence electrons. The maximum Gasteiger partial charge on any atom is 0.426 e. The Hall–Kier alpha value is -1.81. The number of ether oxygens (including phenoxy) is 1. The summed E-state index contributed by atoms with van der Waals surface area (Å²) in [6.07, 6.45) is -11.8. The molecule has 0 aliphatic rings. The van der Waals surface area contributed by atoms with E-state index in [1.807, 2.05) is 0 Å². The van der Waals surface area contributed by atoms with Gasteiger partial charge >= 0.3 is 35.8 Å². The van der Waals surface area contributed by atoms with Crippen molar-refractivity contribution in [2.45, 2.75) is 36.2 Å². The van der Waals surface area contributed by atoms with Crippen molar-refractivity contribution in [1.82, 2.24) is 0 Å². The highest BCUT2D eigenvalue weighted by molar-refractivity contribution is 5.68. The number of allylic oxidation sites excluding steroid dienone is 2. The summed E-state index contributed by atoms with van der Waals surface area (Å²) in [7, 11) is 0. The molecule has 0 radical (unpaired) electrons. The van der Waals surface area contributed by atoms with Crippen molar-refractivity contribution < 1.29 is 76.1 Å². The second-order valence-electron chi connectivity index (χ2n) is 4.46. The fraction of sp³-hybridized carbons (Fsp3) is 0.700. The highest BCUT2D eigenvalue weighted by Gasteiger charge is 2.88. The zero-order valence-corrected chi connectivity index (χ0v) is 11.8. The Labute approximate surface area is 138 Å². The summed E-state index contributed by atoms with van der Waals surface area (Å²) in [5.74, 6) is -42.2. The van der Waals surface area contributed by atoms with Crippen molar-refractivity contribution >= 4 is 5.97 Å². The van der Waals surface area contributed by atoms with Crippen LogP contribution in [-0.2, 0) is 9.53 Å². The minimum Gasteiger partial charge on any atom is -0.480 e. The van der Waals surface area contributed by atoms with Crippen molar-refractivity contribution in [3.8, 4) is 0 Å². The van der Waals surface area contributed by atoms with Gasteiger partial charge in [0.05, 0.1) is 0 Å². The second kappa shape index (κ2) is 7.31.